The summed E-state index contributed by atoms with van der Waals surface area (Å²) >= 11 is 0. The summed E-state index contributed by atoms with van der Waals surface area (Å²) in [6, 6.07) is 5.13. The van der Waals surface area contributed by atoms with Crippen LogP contribution < -0.4 is 10.5 Å². The number of phenols is 1. The van der Waals surface area contributed by atoms with Crippen molar-refractivity contribution in [2.75, 3.05) is 13.7 Å². The lowest BCUT2D eigenvalue weighted by Gasteiger charge is -2.02. The summed E-state index contributed by atoms with van der Waals surface area (Å²) in [5.74, 6) is 0.839. The fraction of sp³-hybridized carbons (Fsp3) is 0.200. The predicted octanol–water partition coefficient (Wildman–Crippen LogP) is 1.37. The summed E-state index contributed by atoms with van der Waals surface area (Å²) < 4.78 is 4.95. The van der Waals surface area contributed by atoms with Gasteiger partial charge in [0.1, 0.15) is 11.5 Å². The first kappa shape index (κ1) is 9.61. The molecule has 0 aromatic heterocycles. The lowest BCUT2D eigenvalue weighted by molar-refractivity contribution is 0.407. The van der Waals surface area contributed by atoms with Crippen LogP contribution in [-0.2, 0) is 0 Å². The van der Waals surface area contributed by atoms with Crippen molar-refractivity contribution in [1.82, 2.24) is 0 Å². The number of phenolic OH excluding ortho intramolecular Hbond substituents is 1. The molecule has 1 rings (SSSR count). The maximum absolute atomic E-state index is 9.48. The molecule has 0 aliphatic heterocycles. The van der Waals surface area contributed by atoms with Gasteiger partial charge in [0.15, 0.2) is 0 Å². The van der Waals surface area contributed by atoms with Crippen molar-refractivity contribution in [1.29, 1.82) is 0 Å². The third-order valence-corrected chi connectivity index (χ3v) is 1.67. The highest BCUT2D eigenvalue weighted by Gasteiger charge is 1.98. The Balaban J connectivity index is 2.91. The van der Waals surface area contributed by atoms with Gasteiger partial charge in [-0.2, -0.15) is 0 Å². The minimum Gasteiger partial charge on any atom is -0.507 e. The lowest BCUT2D eigenvalue weighted by atomic mass is 10.2. The highest BCUT2D eigenvalue weighted by atomic mass is 16.5. The molecule has 0 saturated heterocycles. The van der Waals surface area contributed by atoms with Gasteiger partial charge in [-0.1, -0.05) is 12.2 Å². The molecule has 3 nitrogen and oxygen atoms in total. The molecule has 0 fully saturated rings. The second-order valence-corrected chi connectivity index (χ2v) is 2.56. The van der Waals surface area contributed by atoms with Crippen LogP contribution in [-0.4, -0.2) is 18.8 Å². The number of methoxy groups -OCH3 is 1. The molecule has 0 amide bonds. The second kappa shape index (κ2) is 4.52. The SMILES string of the molecule is COc1ccc(/C=C/CN)c(O)c1. The molecule has 3 N–H and O–H groups in total. The van der Waals surface area contributed by atoms with E-state index in [0.717, 1.165) is 5.56 Å². The molecule has 0 aliphatic carbocycles. The van der Waals surface area contributed by atoms with E-state index in [0.29, 0.717) is 12.3 Å². The van der Waals surface area contributed by atoms with E-state index < -0.39 is 0 Å². The number of hydrogen-bond acceptors (Lipinski definition) is 3. The standard InChI is InChI=1S/C10H13NO2/c1-13-9-5-4-8(3-2-6-11)10(12)7-9/h2-5,7,12H,6,11H2,1H3/b3-2+. The van der Waals surface area contributed by atoms with Gasteiger partial charge in [-0.3, -0.25) is 0 Å². The summed E-state index contributed by atoms with van der Waals surface area (Å²) in [7, 11) is 1.56. The highest BCUT2D eigenvalue weighted by molar-refractivity contribution is 5.58. The van der Waals surface area contributed by atoms with Crippen molar-refractivity contribution in [3.63, 3.8) is 0 Å². The molecular formula is C10H13NO2. The molecule has 70 valence electrons. The van der Waals surface area contributed by atoms with E-state index >= 15 is 0 Å². The smallest absolute Gasteiger partial charge is 0.126 e. The van der Waals surface area contributed by atoms with Crippen molar-refractivity contribution in [2.24, 2.45) is 5.73 Å². The summed E-state index contributed by atoms with van der Waals surface area (Å²) in [6.45, 7) is 0.464. The molecule has 3 heteroatoms. The van der Waals surface area contributed by atoms with Crippen molar-refractivity contribution in [2.45, 2.75) is 0 Å². The normalized spacial score (nSPS) is 10.6. The molecule has 1 aromatic carbocycles. The van der Waals surface area contributed by atoms with Crippen LogP contribution in [0.15, 0.2) is 24.3 Å². The average molecular weight is 179 g/mol. The summed E-state index contributed by atoms with van der Waals surface area (Å²) in [5.41, 5.74) is 6.03. The van der Waals surface area contributed by atoms with Crippen LogP contribution in [0.4, 0.5) is 0 Å². The first-order valence-corrected chi connectivity index (χ1v) is 4.01. The van der Waals surface area contributed by atoms with Crippen LogP contribution in [0.2, 0.25) is 0 Å². The molecule has 0 atom stereocenters. The Bertz CT molecular complexity index is 308. The van der Waals surface area contributed by atoms with E-state index in [-0.39, 0.29) is 5.75 Å². The van der Waals surface area contributed by atoms with E-state index in [1.807, 2.05) is 0 Å². The first-order chi connectivity index (χ1) is 6.27. The van der Waals surface area contributed by atoms with Crippen LogP contribution in [0.25, 0.3) is 6.08 Å². The number of rotatable bonds is 3. The van der Waals surface area contributed by atoms with Crippen molar-refractivity contribution in [3.8, 4) is 11.5 Å². The molecule has 0 spiro atoms. The fourth-order valence-corrected chi connectivity index (χ4v) is 0.986. The highest BCUT2D eigenvalue weighted by Crippen LogP contribution is 2.24. The van der Waals surface area contributed by atoms with Crippen LogP contribution >= 0.6 is 0 Å². The monoisotopic (exact) mass is 179 g/mol. The van der Waals surface area contributed by atoms with Gasteiger partial charge in [0.05, 0.1) is 7.11 Å². The van der Waals surface area contributed by atoms with Crippen LogP contribution in [0.1, 0.15) is 5.56 Å². The molecule has 0 saturated carbocycles. The topological polar surface area (TPSA) is 55.5 Å². The van der Waals surface area contributed by atoms with E-state index in [1.54, 1.807) is 37.5 Å². The number of nitrogens with two attached hydrogens (primary N) is 1. The Morgan fingerprint density at radius 2 is 2.31 bits per heavy atom. The Morgan fingerprint density at radius 3 is 2.85 bits per heavy atom. The first-order valence-electron chi connectivity index (χ1n) is 4.01. The van der Waals surface area contributed by atoms with Gasteiger partial charge in [0.25, 0.3) is 0 Å². The largest absolute Gasteiger partial charge is 0.507 e. The summed E-state index contributed by atoms with van der Waals surface area (Å²) in [5, 5.41) is 9.48. The molecule has 0 heterocycles. The van der Waals surface area contributed by atoms with E-state index in [4.69, 9.17) is 10.5 Å². The summed E-state index contributed by atoms with van der Waals surface area (Å²) in [4.78, 5) is 0. The molecule has 0 radical (unpaired) electrons. The van der Waals surface area contributed by atoms with E-state index in [9.17, 15) is 5.11 Å². The van der Waals surface area contributed by atoms with Gasteiger partial charge in [-0.15, -0.1) is 0 Å². The van der Waals surface area contributed by atoms with Crippen molar-refractivity contribution >= 4 is 6.08 Å². The van der Waals surface area contributed by atoms with Crippen molar-refractivity contribution < 1.29 is 9.84 Å². The lowest BCUT2D eigenvalue weighted by Crippen LogP contribution is -1.92. The number of benzene rings is 1. The predicted molar refractivity (Wildman–Crippen MR) is 52.7 cm³/mol. The van der Waals surface area contributed by atoms with Gasteiger partial charge < -0.3 is 15.6 Å². The third kappa shape index (κ3) is 2.49. The second-order valence-electron chi connectivity index (χ2n) is 2.56. The Labute approximate surface area is 77.4 Å². The maximum Gasteiger partial charge on any atom is 0.126 e. The zero-order chi connectivity index (χ0) is 9.68. The van der Waals surface area contributed by atoms with Crippen molar-refractivity contribution in [3.05, 3.63) is 29.8 Å². The van der Waals surface area contributed by atoms with Gasteiger partial charge in [-0.25, -0.2) is 0 Å². The maximum atomic E-state index is 9.48. The minimum absolute atomic E-state index is 0.198. The molecule has 0 bridgehead atoms. The molecule has 0 unspecified atom stereocenters. The Morgan fingerprint density at radius 1 is 1.54 bits per heavy atom. The minimum atomic E-state index is 0.198. The summed E-state index contributed by atoms with van der Waals surface area (Å²) in [6.07, 6.45) is 3.55. The quantitative estimate of drug-likeness (QED) is 0.736. The molecule has 13 heavy (non-hydrogen) atoms. The Hall–Kier alpha value is -1.48. The Kier molecular flexibility index (Phi) is 3.34. The van der Waals surface area contributed by atoms with Gasteiger partial charge in [-0.05, 0) is 12.1 Å². The van der Waals surface area contributed by atoms with Crippen LogP contribution in [0.5, 0.6) is 11.5 Å². The zero-order valence-electron chi connectivity index (χ0n) is 7.53. The molecular weight excluding hydrogens is 166 g/mol. The van der Waals surface area contributed by atoms with E-state index in [1.165, 1.54) is 0 Å². The third-order valence-electron chi connectivity index (χ3n) is 1.67. The average Bonchev–Trinajstić information content (AvgIpc) is 2.16. The van der Waals surface area contributed by atoms with Gasteiger partial charge in [0, 0.05) is 18.2 Å². The van der Waals surface area contributed by atoms with Crippen LogP contribution in [0.3, 0.4) is 0 Å². The number of hydrogen-bond donors (Lipinski definition) is 2. The van der Waals surface area contributed by atoms with Gasteiger partial charge in [0.2, 0.25) is 0 Å². The van der Waals surface area contributed by atoms with Gasteiger partial charge >= 0.3 is 0 Å². The molecule has 1 aromatic rings. The zero-order valence-corrected chi connectivity index (χ0v) is 7.53. The molecule has 0 aliphatic rings. The number of aromatic hydroxyl groups is 1. The van der Waals surface area contributed by atoms with E-state index in [2.05, 4.69) is 0 Å². The number of ether oxygens (including phenoxy) is 1. The van der Waals surface area contributed by atoms with Crippen LogP contribution in [0, 0.1) is 0 Å². The fourth-order valence-electron chi connectivity index (χ4n) is 0.986.